The van der Waals surface area contributed by atoms with Gasteiger partial charge in [-0.2, -0.15) is 0 Å². The molecule has 0 N–H and O–H groups in total. The number of quaternary nitrogens is 1. The third kappa shape index (κ3) is 65.3. The van der Waals surface area contributed by atoms with Crippen LogP contribution in [0.4, 0.5) is 0 Å². The smallest absolute Gasteiger partial charge is 0.306 e. The van der Waals surface area contributed by atoms with Crippen LogP contribution < -0.4 is 4.89 Å². The zero-order chi connectivity index (χ0) is 59.8. The molecule has 2 unspecified atom stereocenters. The molecule has 0 heterocycles. The van der Waals surface area contributed by atoms with Gasteiger partial charge in [0.05, 0.1) is 27.7 Å². The van der Waals surface area contributed by atoms with Gasteiger partial charge in [-0.05, 0) is 116 Å². The maximum absolute atomic E-state index is 12.8. The molecule has 9 nitrogen and oxygen atoms in total. The average molecular weight is 1160 g/mol. The number of hydrogen-bond donors (Lipinski definition) is 0. The van der Waals surface area contributed by atoms with Crippen LogP contribution in [0.1, 0.15) is 258 Å². The summed E-state index contributed by atoms with van der Waals surface area (Å²) in [7, 11) is 1.15. The van der Waals surface area contributed by atoms with Crippen molar-refractivity contribution in [2.45, 2.75) is 264 Å². The number of unbranched alkanes of at least 4 members (excludes halogenated alkanes) is 23. The minimum absolute atomic E-state index is 0.0373. The van der Waals surface area contributed by atoms with Crippen LogP contribution in [0.25, 0.3) is 0 Å². The van der Waals surface area contributed by atoms with Crippen molar-refractivity contribution in [1.82, 2.24) is 0 Å². The Kier molecular flexibility index (Phi) is 58.8. The molecule has 0 saturated carbocycles. The molecule has 0 aromatic carbocycles. The minimum atomic E-state index is -4.65. The molecule has 0 aromatic heterocycles. The summed E-state index contributed by atoms with van der Waals surface area (Å²) in [4.78, 5) is 37.9. The van der Waals surface area contributed by atoms with Gasteiger partial charge in [-0.1, -0.05) is 263 Å². The lowest BCUT2D eigenvalue weighted by Gasteiger charge is -2.28. The predicted octanol–water partition coefficient (Wildman–Crippen LogP) is 20.6. The molecule has 0 saturated heterocycles. The number of esters is 2. The molecule has 2 atom stereocenters. The Morgan fingerprint density at radius 1 is 0.390 bits per heavy atom. The fourth-order valence-corrected chi connectivity index (χ4v) is 9.35. The lowest BCUT2D eigenvalue weighted by atomic mass is 10.0. The summed E-state index contributed by atoms with van der Waals surface area (Å²) < 4.78 is 34.2. The Hall–Kier alpha value is -3.85. The number of likely N-dealkylation sites (N-methyl/N-ethyl adjacent to an activating group) is 1. The van der Waals surface area contributed by atoms with Crippen molar-refractivity contribution in [3.05, 3.63) is 134 Å². The van der Waals surface area contributed by atoms with E-state index in [0.717, 1.165) is 116 Å². The van der Waals surface area contributed by atoms with E-state index in [4.69, 9.17) is 18.5 Å². The van der Waals surface area contributed by atoms with Crippen LogP contribution in [0, 0.1) is 0 Å². The largest absolute Gasteiger partial charge is 0.756 e. The molecule has 0 radical (unpaired) electrons. The first-order valence-electron chi connectivity index (χ1n) is 32.9. The maximum atomic E-state index is 12.8. The molecule has 468 valence electrons. The van der Waals surface area contributed by atoms with Gasteiger partial charge in [-0.15, -0.1) is 0 Å². The monoisotopic (exact) mass is 1160 g/mol. The summed E-state index contributed by atoms with van der Waals surface area (Å²) in [6.45, 7) is 4.09. The standard InChI is InChI=1S/C72H122NO8P/c1-6-8-10-12-14-16-18-20-22-24-25-26-27-28-29-30-31-32-33-34-35-36-37-38-39-40-41-42-43-44-45-46-47-49-51-53-55-57-59-61-63-65-72(75)81-70(69-80-82(76,77)79-67-66-73(3,4)5)68-78-71(74)64-62-60-58-56-54-52-50-48-23-21-19-17-15-13-11-9-7-2/h8,10,14-17,20-23,25-26,28-29,31-32,34-35,37-38,40-41,70H,6-7,9,11-13,18-19,24,27,30,33,36,39,42-69H2,1-5H3/b10-8-,16-14-,17-15-,22-20-,23-21-,26-25-,29-28-,32-31-,35-34-,38-37-,41-40-. The van der Waals surface area contributed by atoms with Crippen LogP contribution in [0.3, 0.4) is 0 Å². The SMILES string of the molecule is CC/C=C\C/C=C\C/C=C\C/C=C\C/C=C\C/C=C\C/C=C\C/C=C\C/C=C\CCCCCCCCCCCCCCCC(=O)OC(COC(=O)CCCCCCCCC/C=C\C/C=C\CCCCC)COP(=O)([O-])OCC[N+](C)(C)C. The molecule has 0 aliphatic rings. The van der Waals surface area contributed by atoms with Crippen molar-refractivity contribution in [2.24, 2.45) is 0 Å². The highest BCUT2D eigenvalue weighted by Gasteiger charge is 2.22. The number of ether oxygens (including phenoxy) is 2. The molecule has 0 spiro atoms. The van der Waals surface area contributed by atoms with Gasteiger partial charge in [0.15, 0.2) is 6.10 Å². The topological polar surface area (TPSA) is 111 Å². The maximum Gasteiger partial charge on any atom is 0.306 e. The van der Waals surface area contributed by atoms with Gasteiger partial charge in [0.1, 0.15) is 19.8 Å². The third-order valence-corrected chi connectivity index (χ3v) is 14.6. The van der Waals surface area contributed by atoms with Gasteiger partial charge in [-0.25, -0.2) is 0 Å². The van der Waals surface area contributed by atoms with Crippen LogP contribution >= 0.6 is 7.82 Å². The predicted molar refractivity (Wildman–Crippen MR) is 351 cm³/mol. The van der Waals surface area contributed by atoms with E-state index in [0.29, 0.717) is 17.4 Å². The number of hydrogen-bond acceptors (Lipinski definition) is 8. The second kappa shape index (κ2) is 61.7. The highest BCUT2D eigenvalue weighted by atomic mass is 31.2. The van der Waals surface area contributed by atoms with E-state index in [9.17, 15) is 19.0 Å². The van der Waals surface area contributed by atoms with Crippen LogP contribution in [-0.2, 0) is 32.7 Å². The Bertz CT molecular complexity index is 1850. The fraction of sp³-hybridized carbons (Fsp3) is 0.667. The number of allylic oxidation sites excluding steroid dienone is 22. The number of phosphoric acid groups is 1. The highest BCUT2D eigenvalue weighted by molar-refractivity contribution is 7.45. The minimum Gasteiger partial charge on any atom is -0.756 e. The van der Waals surface area contributed by atoms with Crippen molar-refractivity contribution >= 4 is 19.8 Å². The number of rotatable bonds is 59. The summed E-state index contributed by atoms with van der Waals surface area (Å²) in [5, 5.41) is 0. The van der Waals surface area contributed by atoms with Crippen molar-refractivity contribution in [3.8, 4) is 0 Å². The van der Waals surface area contributed by atoms with Crippen molar-refractivity contribution in [2.75, 3.05) is 47.5 Å². The molecule has 0 amide bonds. The summed E-state index contributed by atoms with van der Waals surface area (Å²) >= 11 is 0. The van der Waals surface area contributed by atoms with Gasteiger partial charge in [-0.3, -0.25) is 14.2 Å². The highest BCUT2D eigenvalue weighted by Crippen LogP contribution is 2.38. The van der Waals surface area contributed by atoms with E-state index < -0.39 is 32.5 Å². The number of carbonyl (C=O) groups excluding carboxylic acids is 2. The molecule has 0 aromatic rings. The molecule has 0 aliphatic heterocycles. The number of carbonyl (C=O) groups is 2. The molecule has 10 heteroatoms. The van der Waals surface area contributed by atoms with Crippen LogP contribution in [0.2, 0.25) is 0 Å². The van der Waals surface area contributed by atoms with Crippen molar-refractivity contribution in [3.63, 3.8) is 0 Å². The summed E-state index contributed by atoms with van der Waals surface area (Å²) in [5.41, 5.74) is 0. The molecule has 0 rings (SSSR count). The second-order valence-electron chi connectivity index (χ2n) is 22.7. The summed E-state index contributed by atoms with van der Waals surface area (Å²) in [5.74, 6) is -0.846. The van der Waals surface area contributed by atoms with Gasteiger partial charge >= 0.3 is 11.9 Å². The molecule has 0 fully saturated rings. The van der Waals surface area contributed by atoms with E-state index >= 15 is 0 Å². The molecule has 82 heavy (non-hydrogen) atoms. The Balaban J connectivity index is 4.05. The fourth-order valence-electron chi connectivity index (χ4n) is 8.62. The Labute approximate surface area is 504 Å². The third-order valence-electron chi connectivity index (χ3n) is 13.7. The van der Waals surface area contributed by atoms with E-state index in [-0.39, 0.29) is 26.1 Å². The zero-order valence-electron chi connectivity index (χ0n) is 53.1. The van der Waals surface area contributed by atoms with Crippen molar-refractivity contribution in [1.29, 1.82) is 0 Å². The molecular weight excluding hydrogens is 1040 g/mol. The number of nitrogens with zero attached hydrogens (tertiary/aromatic N) is 1. The zero-order valence-corrected chi connectivity index (χ0v) is 54.0. The lowest BCUT2D eigenvalue weighted by Crippen LogP contribution is -2.37. The average Bonchev–Trinajstić information content (AvgIpc) is 3.45. The van der Waals surface area contributed by atoms with E-state index in [2.05, 4.69) is 148 Å². The van der Waals surface area contributed by atoms with Crippen molar-refractivity contribution < 1.29 is 42.1 Å². The summed E-state index contributed by atoms with van der Waals surface area (Å²) in [6.07, 6.45) is 89.5. The van der Waals surface area contributed by atoms with Crippen LogP contribution in [0.15, 0.2) is 134 Å². The first-order chi connectivity index (χ1) is 40.0. The molecule has 0 aliphatic carbocycles. The van der Waals surface area contributed by atoms with Gasteiger partial charge < -0.3 is 27.9 Å². The molecule has 0 bridgehead atoms. The quantitative estimate of drug-likeness (QED) is 0.0195. The number of phosphoric ester groups is 1. The van der Waals surface area contributed by atoms with Crippen LogP contribution in [0.5, 0.6) is 0 Å². The van der Waals surface area contributed by atoms with E-state index in [1.807, 2.05) is 21.1 Å². The van der Waals surface area contributed by atoms with E-state index in [1.165, 1.54) is 109 Å². The molecular formula is C72H122NO8P. The van der Waals surface area contributed by atoms with Gasteiger partial charge in [0.2, 0.25) is 0 Å². The normalized spacial score (nSPS) is 14.1. The Morgan fingerprint density at radius 2 is 0.695 bits per heavy atom. The first kappa shape index (κ1) is 78.1. The van der Waals surface area contributed by atoms with Crippen LogP contribution in [-0.4, -0.2) is 70.0 Å². The Morgan fingerprint density at radius 3 is 1.04 bits per heavy atom. The van der Waals surface area contributed by atoms with Gasteiger partial charge in [0, 0.05) is 12.8 Å². The lowest BCUT2D eigenvalue weighted by molar-refractivity contribution is -0.870. The second-order valence-corrected chi connectivity index (χ2v) is 24.2. The van der Waals surface area contributed by atoms with E-state index in [1.54, 1.807) is 0 Å². The first-order valence-corrected chi connectivity index (χ1v) is 34.4. The summed E-state index contributed by atoms with van der Waals surface area (Å²) in [6, 6.07) is 0. The van der Waals surface area contributed by atoms with Gasteiger partial charge in [0.25, 0.3) is 7.82 Å².